The van der Waals surface area contributed by atoms with Gasteiger partial charge in [0.05, 0.1) is 0 Å². The van der Waals surface area contributed by atoms with Crippen molar-refractivity contribution in [3.8, 4) is 0 Å². The highest BCUT2D eigenvalue weighted by Gasteiger charge is 2.39. The molecule has 0 aliphatic rings. The zero-order valence-corrected chi connectivity index (χ0v) is 17.5. The van der Waals surface area contributed by atoms with Crippen LogP contribution < -0.4 is 0 Å². The molecule has 0 atom stereocenters. The number of unbranched alkanes of at least 4 members (excludes halogenated alkanes) is 9. The van der Waals surface area contributed by atoms with Gasteiger partial charge in [-0.3, -0.25) is 0 Å². The summed E-state index contributed by atoms with van der Waals surface area (Å²) in [5.74, 6) is 0. The standard InChI is InChI=1S/C18H39ClO3Si/c1-4-7-10-13-16-20-23(19,21-17-14-11-8-5-2)22-18-15-12-9-6-3/h4-18H2,1-3H3. The van der Waals surface area contributed by atoms with E-state index in [0.717, 1.165) is 19.3 Å². The summed E-state index contributed by atoms with van der Waals surface area (Å²) in [5.41, 5.74) is 0. The fourth-order valence-corrected chi connectivity index (χ4v) is 4.40. The minimum Gasteiger partial charge on any atom is -0.362 e. The summed E-state index contributed by atoms with van der Waals surface area (Å²) in [6, 6.07) is 0. The third-order valence-electron chi connectivity index (χ3n) is 3.82. The van der Waals surface area contributed by atoms with Gasteiger partial charge < -0.3 is 13.3 Å². The SMILES string of the molecule is CCCCCCO[Si](Cl)(OCCCCCC)OCCCCCC. The summed E-state index contributed by atoms with van der Waals surface area (Å²) in [5, 5.41) is 0. The van der Waals surface area contributed by atoms with Crippen LogP contribution in [0, 0.1) is 0 Å². The van der Waals surface area contributed by atoms with Gasteiger partial charge >= 0.3 is 8.11 Å². The van der Waals surface area contributed by atoms with Gasteiger partial charge in [0.2, 0.25) is 0 Å². The lowest BCUT2D eigenvalue weighted by atomic mass is 10.2. The first kappa shape index (κ1) is 23.4. The van der Waals surface area contributed by atoms with Gasteiger partial charge in [-0.05, 0) is 19.3 Å². The van der Waals surface area contributed by atoms with Gasteiger partial charge in [-0.1, -0.05) is 89.6 Å². The van der Waals surface area contributed by atoms with Gasteiger partial charge in [0.25, 0.3) is 0 Å². The molecule has 0 spiro atoms. The molecule has 0 aromatic carbocycles. The maximum Gasteiger partial charge on any atom is 0.613 e. The average Bonchev–Trinajstić information content (AvgIpc) is 2.54. The Morgan fingerprint density at radius 2 is 0.826 bits per heavy atom. The van der Waals surface area contributed by atoms with Crippen molar-refractivity contribution in [3.63, 3.8) is 0 Å². The molecule has 0 saturated carbocycles. The van der Waals surface area contributed by atoms with Crippen LogP contribution in [-0.4, -0.2) is 27.9 Å². The first-order chi connectivity index (χ1) is 11.2. The summed E-state index contributed by atoms with van der Waals surface area (Å²) in [7, 11) is -2.96. The molecule has 5 heteroatoms. The number of halogens is 1. The molecular weight excluding hydrogens is 328 g/mol. The minimum absolute atomic E-state index is 0.652. The Morgan fingerprint density at radius 1 is 0.522 bits per heavy atom. The average molecular weight is 367 g/mol. The lowest BCUT2D eigenvalue weighted by Gasteiger charge is -2.23. The van der Waals surface area contributed by atoms with Gasteiger partial charge in [-0.2, -0.15) is 0 Å². The fraction of sp³-hybridized carbons (Fsp3) is 1.00. The second-order valence-electron chi connectivity index (χ2n) is 6.21. The summed E-state index contributed by atoms with van der Waals surface area (Å²) < 4.78 is 17.5. The highest BCUT2D eigenvalue weighted by Crippen LogP contribution is 2.18. The van der Waals surface area contributed by atoms with Crippen LogP contribution in [0.2, 0.25) is 0 Å². The van der Waals surface area contributed by atoms with E-state index in [1.54, 1.807) is 0 Å². The van der Waals surface area contributed by atoms with E-state index in [-0.39, 0.29) is 0 Å². The Kier molecular flexibility index (Phi) is 17.5. The van der Waals surface area contributed by atoms with Crippen LogP contribution in [0.1, 0.15) is 97.8 Å². The smallest absolute Gasteiger partial charge is 0.362 e. The van der Waals surface area contributed by atoms with Crippen LogP contribution in [-0.2, 0) is 13.3 Å². The van der Waals surface area contributed by atoms with Crippen LogP contribution in [0.15, 0.2) is 0 Å². The molecule has 0 aromatic rings. The molecule has 0 fully saturated rings. The third kappa shape index (κ3) is 15.6. The summed E-state index contributed by atoms with van der Waals surface area (Å²) >= 11 is 6.55. The van der Waals surface area contributed by atoms with Crippen LogP contribution in [0.3, 0.4) is 0 Å². The quantitative estimate of drug-likeness (QED) is 0.158. The maximum absolute atomic E-state index is 6.55. The number of hydrogen-bond donors (Lipinski definition) is 0. The van der Waals surface area contributed by atoms with Crippen LogP contribution in [0.25, 0.3) is 0 Å². The first-order valence-electron chi connectivity index (χ1n) is 9.79. The van der Waals surface area contributed by atoms with Gasteiger partial charge in [0.1, 0.15) is 0 Å². The Bertz CT molecular complexity index is 206. The van der Waals surface area contributed by atoms with Crippen molar-refractivity contribution in [2.24, 2.45) is 0 Å². The minimum atomic E-state index is -2.96. The van der Waals surface area contributed by atoms with E-state index < -0.39 is 8.11 Å². The zero-order valence-electron chi connectivity index (χ0n) is 15.7. The number of rotatable bonds is 18. The molecule has 0 heterocycles. The maximum atomic E-state index is 6.55. The van der Waals surface area contributed by atoms with Crippen molar-refractivity contribution in [3.05, 3.63) is 0 Å². The second kappa shape index (κ2) is 17.2. The molecule has 140 valence electrons. The third-order valence-corrected chi connectivity index (χ3v) is 6.45. The lowest BCUT2D eigenvalue weighted by Crippen LogP contribution is -2.41. The molecule has 0 N–H and O–H groups in total. The monoisotopic (exact) mass is 366 g/mol. The lowest BCUT2D eigenvalue weighted by molar-refractivity contribution is 0.0768. The molecular formula is C18H39ClO3Si. The van der Waals surface area contributed by atoms with Crippen molar-refractivity contribution in [1.29, 1.82) is 0 Å². The van der Waals surface area contributed by atoms with Gasteiger partial charge in [0, 0.05) is 19.8 Å². The summed E-state index contributed by atoms with van der Waals surface area (Å²) in [4.78, 5) is 0. The van der Waals surface area contributed by atoms with E-state index in [0.29, 0.717) is 19.8 Å². The molecule has 23 heavy (non-hydrogen) atoms. The first-order valence-corrected chi connectivity index (χ1v) is 12.5. The molecule has 3 nitrogen and oxygen atoms in total. The highest BCUT2D eigenvalue weighted by molar-refractivity contribution is 7.09. The molecule has 0 rings (SSSR count). The van der Waals surface area contributed by atoms with Crippen LogP contribution >= 0.6 is 11.1 Å². The molecule has 0 amide bonds. The van der Waals surface area contributed by atoms with Crippen LogP contribution in [0.4, 0.5) is 0 Å². The van der Waals surface area contributed by atoms with E-state index >= 15 is 0 Å². The normalized spacial score (nSPS) is 12.0. The van der Waals surface area contributed by atoms with E-state index in [4.69, 9.17) is 24.4 Å². The van der Waals surface area contributed by atoms with E-state index in [1.165, 1.54) is 57.8 Å². The summed E-state index contributed by atoms with van der Waals surface area (Å²) in [6.07, 6.45) is 14.1. The van der Waals surface area contributed by atoms with E-state index in [2.05, 4.69) is 20.8 Å². The van der Waals surface area contributed by atoms with Crippen molar-refractivity contribution >= 4 is 19.2 Å². The zero-order chi connectivity index (χ0) is 17.2. The Labute approximate surface area is 150 Å². The van der Waals surface area contributed by atoms with E-state index in [1.807, 2.05) is 0 Å². The molecule has 0 saturated heterocycles. The highest BCUT2D eigenvalue weighted by atomic mass is 35.6. The molecule has 0 unspecified atom stereocenters. The predicted molar refractivity (Wildman–Crippen MR) is 102 cm³/mol. The molecule has 0 bridgehead atoms. The molecule has 0 radical (unpaired) electrons. The Balaban J connectivity index is 4.00. The molecule has 0 aliphatic heterocycles. The van der Waals surface area contributed by atoms with Crippen molar-refractivity contribution < 1.29 is 13.3 Å². The van der Waals surface area contributed by atoms with Crippen molar-refractivity contribution in [2.45, 2.75) is 97.8 Å². The fourth-order valence-electron chi connectivity index (χ4n) is 2.29. The Morgan fingerprint density at radius 3 is 1.09 bits per heavy atom. The topological polar surface area (TPSA) is 27.7 Å². The molecule has 0 aliphatic carbocycles. The second-order valence-corrected chi connectivity index (χ2v) is 9.43. The van der Waals surface area contributed by atoms with Crippen LogP contribution in [0.5, 0.6) is 0 Å². The predicted octanol–water partition coefficient (Wildman–Crippen LogP) is 6.45. The van der Waals surface area contributed by atoms with Gasteiger partial charge in [-0.25, -0.2) is 0 Å². The van der Waals surface area contributed by atoms with Gasteiger partial charge in [0.15, 0.2) is 0 Å². The largest absolute Gasteiger partial charge is 0.613 e. The van der Waals surface area contributed by atoms with E-state index in [9.17, 15) is 0 Å². The summed E-state index contributed by atoms with van der Waals surface area (Å²) in [6.45, 7) is 8.58. The molecule has 0 aromatic heterocycles. The van der Waals surface area contributed by atoms with Crippen molar-refractivity contribution in [1.82, 2.24) is 0 Å². The van der Waals surface area contributed by atoms with Gasteiger partial charge in [-0.15, -0.1) is 0 Å². The number of hydrogen-bond acceptors (Lipinski definition) is 3. The van der Waals surface area contributed by atoms with Crippen molar-refractivity contribution in [2.75, 3.05) is 19.8 Å². The Hall–Kier alpha value is 0.387.